The fourth-order valence-electron chi connectivity index (χ4n) is 1.42. The molecule has 0 radical (unpaired) electrons. The standard InChI is InChI=1S/C14H21NO3/c1-14(2,3)18-13(16)10-11-4-6-12(7-5-11)17-9-8-15/h4-7H,8-10,15H2,1-3H3. The highest BCUT2D eigenvalue weighted by Crippen LogP contribution is 2.14. The van der Waals surface area contributed by atoms with Crippen molar-refractivity contribution in [2.45, 2.75) is 32.8 Å². The Morgan fingerprint density at radius 2 is 1.83 bits per heavy atom. The first-order valence-electron chi connectivity index (χ1n) is 6.04. The molecule has 0 heterocycles. The number of carbonyl (C=O) groups is 1. The summed E-state index contributed by atoms with van der Waals surface area (Å²) in [5.74, 6) is 0.534. The highest BCUT2D eigenvalue weighted by Gasteiger charge is 2.16. The van der Waals surface area contributed by atoms with Crippen molar-refractivity contribution in [2.75, 3.05) is 13.2 Å². The second-order valence-corrected chi connectivity index (χ2v) is 5.04. The van der Waals surface area contributed by atoms with Crippen LogP contribution in [0.15, 0.2) is 24.3 Å². The van der Waals surface area contributed by atoms with Gasteiger partial charge in [0.2, 0.25) is 0 Å². The second kappa shape index (κ2) is 6.40. The number of hydrogen-bond acceptors (Lipinski definition) is 4. The Hall–Kier alpha value is -1.55. The average Bonchev–Trinajstić information content (AvgIpc) is 2.25. The number of rotatable bonds is 5. The van der Waals surface area contributed by atoms with Crippen molar-refractivity contribution in [1.29, 1.82) is 0 Å². The molecule has 18 heavy (non-hydrogen) atoms. The van der Waals surface area contributed by atoms with Crippen molar-refractivity contribution >= 4 is 5.97 Å². The van der Waals surface area contributed by atoms with Crippen molar-refractivity contribution in [3.63, 3.8) is 0 Å². The van der Waals surface area contributed by atoms with Gasteiger partial charge in [-0.1, -0.05) is 12.1 Å². The highest BCUT2D eigenvalue weighted by molar-refractivity contribution is 5.73. The predicted molar refractivity (Wildman–Crippen MR) is 70.5 cm³/mol. The molecular weight excluding hydrogens is 230 g/mol. The van der Waals surface area contributed by atoms with Crippen molar-refractivity contribution < 1.29 is 14.3 Å². The van der Waals surface area contributed by atoms with E-state index in [1.807, 2.05) is 45.0 Å². The molecule has 4 nitrogen and oxygen atoms in total. The number of nitrogens with two attached hydrogens (primary N) is 1. The van der Waals surface area contributed by atoms with Crippen LogP contribution in [0.4, 0.5) is 0 Å². The first-order valence-corrected chi connectivity index (χ1v) is 6.04. The summed E-state index contributed by atoms with van der Waals surface area (Å²) < 4.78 is 10.6. The van der Waals surface area contributed by atoms with E-state index in [2.05, 4.69) is 0 Å². The van der Waals surface area contributed by atoms with Crippen LogP contribution in [0.2, 0.25) is 0 Å². The van der Waals surface area contributed by atoms with Gasteiger partial charge in [-0.15, -0.1) is 0 Å². The predicted octanol–water partition coefficient (Wildman–Crippen LogP) is 1.91. The van der Waals surface area contributed by atoms with Crippen LogP contribution in [0.1, 0.15) is 26.3 Å². The number of benzene rings is 1. The van der Waals surface area contributed by atoms with Gasteiger partial charge in [0.15, 0.2) is 0 Å². The van der Waals surface area contributed by atoms with Gasteiger partial charge < -0.3 is 15.2 Å². The summed E-state index contributed by atoms with van der Waals surface area (Å²) in [5.41, 5.74) is 5.81. The van der Waals surface area contributed by atoms with E-state index in [0.717, 1.165) is 11.3 Å². The van der Waals surface area contributed by atoms with Gasteiger partial charge in [-0.05, 0) is 38.5 Å². The summed E-state index contributed by atoms with van der Waals surface area (Å²) in [6, 6.07) is 7.37. The molecular formula is C14H21NO3. The first-order chi connectivity index (χ1) is 8.40. The lowest BCUT2D eigenvalue weighted by Gasteiger charge is -2.19. The van der Waals surface area contributed by atoms with Crippen LogP contribution in [-0.2, 0) is 16.0 Å². The number of ether oxygens (including phenoxy) is 2. The molecule has 0 atom stereocenters. The van der Waals surface area contributed by atoms with E-state index >= 15 is 0 Å². The number of carbonyl (C=O) groups excluding carboxylic acids is 1. The molecule has 0 aliphatic carbocycles. The molecule has 0 aliphatic rings. The summed E-state index contributed by atoms with van der Waals surface area (Å²) in [6.07, 6.45) is 0.272. The van der Waals surface area contributed by atoms with Gasteiger partial charge in [-0.2, -0.15) is 0 Å². The normalized spacial score (nSPS) is 11.1. The van der Waals surface area contributed by atoms with Gasteiger partial charge in [0.25, 0.3) is 0 Å². The Kier molecular flexibility index (Phi) is 5.16. The Morgan fingerprint density at radius 3 is 2.33 bits per heavy atom. The summed E-state index contributed by atoms with van der Waals surface area (Å²) in [6.45, 7) is 6.54. The Bertz CT molecular complexity index is 379. The van der Waals surface area contributed by atoms with E-state index in [4.69, 9.17) is 15.2 Å². The molecule has 0 saturated carbocycles. The molecule has 0 amide bonds. The Balaban J connectivity index is 2.50. The third kappa shape index (κ3) is 5.68. The SMILES string of the molecule is CC(C)(C)OC(=O)Cc1ccc(OCCN)cc1. The largest absolute Gasteiger partial charge is 0.492 e. The summed E-state index contributed by atoms with van der Waals surface area (Å²) in [4.78, 5) is 11.6. The second-order valence-electron chi connectivity index (χ2n) is 5.04. The first kappa shape index (κ1) is 14.5. The molecule has 100 valence electrons. The maximum absolute atomic E-state index is 11.6. The van der Waals surface area contributed by atoms with E-state index in [0.29, 0.717) is 13.2 Å². The minimum absolute atomic E-state index is 0.224. The van der Waals surface area contributed by atoms with Crippen LogP contribution in [0.5, 0.6) is 5.75 Å². The van der Waals surface area contributed by atoms with Crippen molar-refractivity contribution in [3.05, 3.63) is 29.8 Å². The summed E-state index contributed by atoms with van der Waals surface area (Å²) in [5, 5.41) is 0. The van der Waals surface area contributed by atoms with E-state index in [9.17, 15) is 4.79 Å². The van der Waals surface area contributed by atoms with Crippen LogP contribution in [0.3, 0.4) is 0 Å². The van der Waals surface area contributed by atoms with Crippen LogP contribution in [0, 0.1) is 0 Å². The minimum Gasteiger partial charge on any atom is -0.492 e. The van der Waals surface area contributed by atoms with Gasteiger partial charge >= 0.3 is 5.97 Å². The highest BCUT2D eigenvalue weighted by atomic mass is 16.6. The third-order valence-electron chi connectivity index (χ3n) is 2.08. The molecule has 0 fully saturated rings. The fraction of sp³-hybridized carbons (Fsp3) is 0.500. The summed E-state index contributed by atoms with van der Waals surface area (Å²) in [7, 11) is 0. The lowest BCUT2D eigenvalue weighted by molar-refractivity contribution is -0.153. The lowest BCUT2D eigenvalue weighted by Crippen LogP contribution is -2.24. The zero-order valence-corrected chi connectivity index (χ0v) is 11.2. The molecule has 0 aliphatic heterocycles. The molecule has 0 aromatic heterocycles. The van der Waals surface area contributed by atoms with Crippen molar-refractivity contribution in [3.8, 4) is 5.75 Å². The fourth-order valence-corrected chi connectivity index (χ4v) is 1.42. The minimum atomic E-state index is -0.443. The Morgan fingerprint density at radius 1 is 1.22 bits per heavy atom. The van der Waals surface area contributed by atoms with Gasteiger partial charge in [0.1, 0.15) is 18.0 Å². The monoisotopic (exact) mass is 251 g/mol. The van der Waals surface area contributed by atoms with E-state index in [1.165, 1.54) is 0 Å². The maximum atomic E-state index is 11.6. The Labute approximate surface area is 108 Å². The molecule has 1 aromatic carbocycles. The van der Waals surface area contributed by atoms with E-state index in [1.54, 1.807) is 0 Å². The lowest BCUT2D eigenvalue weighted by atomic mass is 10.1. The number of esters is 1. The van der Waals surface area contributed by atoms with Crippen LogP contribution in [-0.4, -0.2) is 24.7 Å². The van der Waals surface area contributed by atoms with E-state index in [-0.39, 0.29) is 12.4 Å². The summed E-state index contributed by atoms with van der Waals surface area (Å²) >= 11 is 0. The molecule has 0 unspecified atom stereocenters. The topological polar surface area (TPSA) is 61.5 Å². The zero-order valence-electron chi connectivity index (χ0n) is 11.2. The van der Waals surface area contributed by atoms with Crippen LogP contribution in [0.25, 0.3) is 0 Å². The average molecular weight is 251 g/mol. The van der Waals surface area contributed by atoms with Crippen molar-refractivity contribution in [1.82, 2.24) is 0 Å². The number of hydrogen-bond donors (Lipinski definition) is 1. The molecule has 1 aromatic rings. The van der Waals surface area contributed by atoms with Crippen molar-refractivity contribution in [2.24, 2.45) is 5.73 Å². The smallest absolute Gasteiger partial charge is 0.310 e. The molecule has 0 bridgehead atoms. The van der Waals surface area contributed by atoms with Gasteiger partial charge in [-0.3, -0.25) is 4.79 Å². The molecule has 0 saturated heterocycles. The maximum Gasteiger partial charge on any atom is 0.310 e. The molecule has 4 heteroatoms. The molecule has 0 spiro atoms. The van der Waals surface area contributed by atoms with Gasteiger partial charge in [-0.25, -0.2) is 0 Å². The zero-order chi connectivity index (χ0) is 13.6. The van der Waals surface area contributed by atoms with Gasteiger partial charge in [0, 0.05) is 6.54 Å². The quantitative estimate of drug-likeness (QED) is 0.812. The third-order valence-corrected chi connectivity index (χ3v) is 2.08. The molecule has 1 rings (SSSR count). The van der Waals surface area contributed by atoms with Crippen LogP contribution >= 0.6 is 0 Å². The van der Waals surface area contributed by atoms with Crippen LogP contribution < -0.4 is 10.5 Å². The molecule has 2 N–H and O–H groups in total. The van der Waals surface area contributed by atoms with E-state index < -0.39 is 5.60 Å². The van der Waals surface area contributed by atoms with Gasteiger partial charge in [0.05, 0.1) is 6.42 Å².